The van der Waals surface area contributed by atoms with Crippen molar-refractivity contribution in [2.45, 2.75) is 262 Å². The number of carbonyl (C=O) groups is 1. The van der Waals surface area contributed by atoms with E-state index in [-0.39, 0.29) is 12.8 Å². The lowest BCUT2D eigenvalue weighted by Crippen LogP contribution is -2.60. The summed E-state index contributed by atoms with van der Waals surface area (Å²) >= 11 is 0. The van der Waals surface area contributed by atoms with E-state index in [0.717, 1.165) is 57.8 Å². The first-order valence-electron chi connectivity index (χ1n) is 25.5. The predicted molar refractivity (Wildman–Crippen MR) is 256 cm³/mol. The van der Waals surface area contributed by atoms with Gasteiger partial charge in [0.15, 0.2) is 6.29 Å². The lowest BCUT2D eigenvalue weighted by Gasteiger charge is -2.40. The number of nitrogens with one attached hydrogen (secondary N) is 1. The summed E-state index contributed by atoms with van der Waals surface area (Å²) in [6.45, 7) is 3.41. The van der Waals surface area contributed by atoms with Crippen LogP contribution >= 0.6 is 0 Å². The van der Waals surface area contributed by atoms with Crippen LogP contribution in [0.4, 0.5) is 0 Å². The van der Waals surface area contributed by atoms with Gasteiger partial charge in [-0.15, -0.1) is 0 Å². The molecule has 368 valence electrons. The molecule has 0 aromatic carbocycles. The summed E-state index contributed by atoms with van der Waals surface area (Å²) in [4.78, 5) is 13.1. The molecule has 1 rings (SSSR count). The highest BCUT2D eigenvalue weighted by atomic mass is 16.7. The Morgan fingerprint density at radius 2 is 0.952 bits per heavy atom. The van der Waals surface area contributed by atoms with Crippen LogP contribution in [0, 0.1) is 0 Å². The molecule has 1 aliphatic heterocycles. The van der Waals surface area contributed by atoms with Crippen molar-refractivity contribution in [3.63, 3.8) is 0 Å². The van der Waals surface area contributed by atoms with Gasteiger partial charge < -0.3 is 50.5 Å². The molecule has 9 unspecified atom stereocenters. The third-order valence-corrected chi connectivity index (χ3v) is 12.1. The third-order valence-electron chi connectivity index (χ3n) is 12.1. The molecule has 1 heterocycles. The Morgan fingerprint density at radius 1 is 0.540 bits per heavy atom. The van der Waals surface area contributed by atoms with Gasteiger partial charge in [-0.2, -0.15) is 0 Å². The van der Waals surface area contributed by atoms with Gasteiger partial charge in [0.25, 0.3) is 0 Å². The fourth-order valence-corrected chi connectivity index (χ4v) is 7.82. The molecule has 9 atom stereocenters. The van der Waals surface area contributed by atoms with Gasteiger partial charge >= 0.3 is 0 Å². The molecule has 0 aliphatic carbocycles. The second kappa shape index (κ2) is 41.5. The van der Waals surface area contributed by atoms with Gasteiger partial charge in [-0.1, -0.05) is 165 Å². The quantitative estimate of drug-likeness (QED) is 0.0217. The standard InChI is InChI=1S/C52H95NO10/c1-3-5-7-9-11-13-15-17-19-20-21-22-23-24-26-27-29-31-33-35-37-39-44(55)47(57)43(42-62-52-50(60)49(59)48(58)46(41-54)63-52)53-51(61)45(56)40-38-36-34-32-30-28-25-18-16-14-12-10-8-6-4-2/h20-21,24-26,28,31,33,43-50,52,54-60H,3-19,22-23,27,29-30,32,34-42H2,1-2H3,(H,53,61)/b21-20+,26-24+,28-25-,33-31+. The maximum absolute atomic E-state index is 13.1. The Hall–Kier alpha value is -1.93. The molecule has 1 fully saturated rings. The fraction of sp³-hybridized carbons (Fsp3) is 0.827. The Kier molecular flexibility index (Phi) is 38.9. The van der Waals surface area contributed by atoms with Crippen molar-refractivity contribution >= 4 is 5.91 Å². The van der Waals surface area contributed by atoms with Crippen LogP contribution in [0.5, 0.6) is 0 Å². The molecular formula is C52H95NO10. The number of rotatable bonds is 42. The molecule has 0 saturated carbocycles. The van der Waals surface area contributed by atoms with Gasteiger partial charge in [-0.25, -0.2) is 0 Å². The zero-order chi connectivity index (χ0) is 46.2. The van der Waals surface area contributed by atoms with E-state index < -0.39 is 74.2 Å². The molecule has 1 aliphatic rings. The molecule has 1 saturated heterocycles. The number of unbranched alkanes of at least 4 members (excludes halogenated alkanes) is 22. The Morgan fingerprint density at radius 3 is 1.41 bits per heavy atom. The van der Waals surface area contributed by atoms with Crippen molar-refractivity contribution in [3.05, 3.63) is 48.6 Å². The second-order valence-electron chi connectivity index (χ2n) is 17.9. The van der Waals surface area contributed by atoms with Gasteiger partial charge in [0, 0.05) is 0 Å². The Balaban J connectivity index is 2.45. The summed E-state index contributed by atoms with van der Waals surface area (Å²) in [6, 6.07) is -1.20. The van der Waals surface area contributed by atoms with Crippen LogP contribution in [0.1, 0.15) is 206 Å². The molecule has 1 amide bonds. The van der Waals surface area contributed by atoms with Gasteiger partial charge in [-0.05, 0) is 89.9 Å². The van der Waals surface area contributed by atoms with Gasteiger partial charge in [0.1, 0.15) is 36.6 Å². The highest BCUT2D eigenvalue weighted by Gasteiger charge is 2.44. The molecule has 63 heavy (non-hydrogen) atoms. The number of carbonyl (C=O) groups excluding carboxylic acids is 1. The first-order chi connectivity index (χ1) is 30.7. The predicted octanol–water partition coefficient (Wildman–Crippen LogP) is 9.34. The monoisotopic (exact) mass is 894 g/mol. The number of hydrogen-bond acceptors (Lipinski definition) is 10. The van der Waals surface area contributed by atoms with Crippen LogP contribution < -0.4 is 5.32 Å². The van der Waals surface area contributed by atoms with Gasteiger partial charge in [0.2, 0.25) is 5.91 Å². The zero-order valence-corrected chi connectivity index (χ0v) is 39.8. The average molecular weight is 894 g/mol. The van der Waals surface area contributed by atoms with Crippen molar-refractivity contribution in [2.24, 2.45) is 0 Å². The molecule has 0 spiro atoms. The Labute approximate surface area is 383 Å². The third kappa shape index (κ3) is 30.8. The number of aliphatic hydroxyl groups excluding tert-OH is 7. The van der Waals surface area contributed by atoms with Crippen LogP contribution in [0.25, 0.3) is 0 Å². The number of amides is 1. The number of ether oxygens (including phenoxy) is 2. The second-order valence-corrected chi connectivity index (χ2v) is 17.9. The van der Waals surface area contributed by atoms with Crippen molar-refractivity contribution in [1.82, 2.24) is 5.32 Å². The van der Waals surface area contributed by atoms with Crippen molar-refractivity contribution in [2.75, 3.05) is 13.2 Å². The molecule has 11 nitrogen and oxygen atoms in total. The Bertz CT molecular complexity index is 1160. The van der Waals surface area contributed by atoms with Crippen LogP contribution in [-0.2, 0) is 14.3 Å². The SMILES string of the molecule is CCCCCCCCC/C=C\CCCCCCC(O)C(=O)NC(COC1OC(CO)C(O)C(O)C1O)C(O)C(O)CCC/C=C/CC/C=C/CC/C=C/CCCCCCCCCC. The summed E-state index contributed by atoms with van der Waals surface area (Å²) in [5, 5.41) is 75.8. The lowest BCUT2D eigenvalue weighted by molar-refractivity contribution is -0.303. The molecule has 11 heteroatoms. The van der Waals surface area contributed by atoms with E-state index >= 15 is 0 Å². The smallest absolute Gasteiger partial charge is 0.249 e. The summed E-state index contributed by atoms with van der Waals surface area (Å²) in [7, 11) is 0. The van der Waals surface area contributed by atoms with Gasteiger partial charge in [0.05, 0.1) is 25.4 Å². The molecule has 8 N–H and O–H groups in total. The van der Waals surface area contributed by atoms with E-state index in [9.17, 15) is 40.5 Å². The van der Waals surface area contributed by atoms with E-state index in [0.29, 0.717) is 19.3 Å². The number of hydrogen-bond donors (Lipinski definition) is 8. The highest BCUT2D eigenvalue weighted by Crippen LogP contribution is 2.23. The molecular weight excluding hydrogens is 799 g/mol. The summed E-state index contributed by atoms with van der Waals surface area (Å²) < 4.78 is 11.1. The van der Waals surface area contributed by atoms with Crippen LogP contribution in [-0.4, -0.2) is 110 Å². The summed E-state index contributed by atoms with van der Waals surface area (Å²) in [5.74, 6) is -0.723. The molecule has 0 aromatic rings. The minimum absolute atomic E-state index is 0.234. The first kappa shape index (κ1) is 59.1. The van der Waals surface area contributed by atoms with Crippen molar-refractivity contribution in [1.29, 1.82) is 0 Å². The van der Waals surface area contributed by atoms with Crippen molar-refractivity contribution in [3.8, 4) is 0 Å². The van der Waals surface area contributed by atoms with Crippen LogP contribution in [0.15, 0.2) is 48.6 Å². The van der Waals surface area contributed by atoms with Crippen LogP contribution in [0.3, 0.4) is 0 Å². The zero-order valence-electron chi connectivity index (χ0n) is 39.8. The first-order valence-corrected chi connectivity index (χ1v) is 25.5. The summed E-state index contributed by atoms with van der Waals surface area (Å²) in [6.07, 6.45) is 38.7. The van der Waals surface area contributed by atoms with Crippen LogP contribution in [0.2, 0.25) is 0 Å². The number of allylic oxidation sites excluding steroid dienone is 8. The van der Waals surface area contributed by atoms with Gasteiger partial charge in [-0.3, -0.25) is 4.79 Å². The minimum Gasteiger partial charge on any atom is -0.394 e. The summed E-state index contributed by atoms with van der Waals surface area (Å²) in [5.41, 5.74) is 0. The molecule has 0 radical (unpaired) electrons. The molecule has 0 aromatic heterocycles. The number of aliphatic hydroxyl groups is 7. The maximum Gasteiger partial charge on any atom is 0.249 e. The lowest BCUT2D eigenvalue weighted by atomic mass is 9.98. The fourth-order valence-electron chi connectivity index (χ4n) is 7.82. The minimum atomic E-state index is -1.67. The largest absolute Gasteiger partial charge is 0.394 e. The normalized spacial score (nSPS) is 21.6. The van der Waals surface area contributed by atoms with E-state index in [1.54, 1.807) is 0 Å². The van der Waals surface area contributed by atoms with Crippen molar-refractivity contribution < 1.29 is 50.0 Å². The highest BCUT2D eigenvalue weighted by molar-refractivity contribution is 5.80. The maximum atomic E-state index is 13.1. The average Bonchev–Trinajstić information content (AvgIpc) is 3.28. The topological polar surface area (TPSA) is 189 Å². The van der Waals surface area contributed by atoms with E-state index in [2.05, 4.69) is 67.8 Å². The van der Waals surface area contributed by atoms with E-state index in [1.165, 1.54) is 103 Å². The molecule has 0 bridgehead atoms. The van der Waals surface area contributed by atoms with E-state index in [4.69, 9.17) is 9.47 Å². The van der Waals surface area contributed by atoms with E-state index in [1.807, 2.05) is 0 Å².